The van der Waals surface area contributed by atoms with Crippen molar-refractivity contribution in [1.82, 2.24) is 0 Å². The zero-order valence-electron chi connectivity index (χ0n) is 5.37. The van der Waals surface area contributed by atoms with Crippen molar-refractivity contribution in [2.45, 2.75) is 0 Å². The molecule has 0 unspecified atom stereocenters. The van der Waals surface area contributed by atoms with Crippen LogP contribution in [0.1, 0.15) is 0 Å². The molecule has 72 valence electrons. The van der Waals surface area contributed by atoms with Gasteiger partial charge in [-0.2, -0.15) is 8.42 Å². The van der Waals surface area contributed by atoms with Gasteiger partial charge >= 0.3 is 71.8 Å². The Morgan fingerprint density at radius 3 is 0.917 bits per heavy atom. The van der Waals surface area contributed by atoms with Gasteiger partial charge in [-0.3, -0.25) is 17.5 Å². The molecule has 0 saturated heterocycles. The maximum absolute atomic E-state index is 8.74. The Kier molecular flexibility index (Phi) is 18.3. The normalized spacial score (nSPS) is 9.67. The van der Waals surface area contributed by atoms with E-state index in [9.17, 15) is 0 Å². The molecule has 0 aromatic rings. The molecule has 0 aliphatic carbocycles. The first-order chi connectivity index (χ1) is 4.00. The van der Waals surface area contributed by atoms with E-state index in [1.165, 1.54) is 0 Å². The molecule has 0 aliphatic rings. The average Bonchev–Trinajstić information content (AvgIpc) is 1.12. The van der Waals surface area contributed by atoms with Crippen molar-refractivity contribution in [1.29, 1.82) is 0 Å². The summed E-state index contributed by atoms with van der Waals surface area (Å²) in [5.74, 6) is 0. The molecule has 0 aliphatic heterocycles. The Labute approximate surface area is 116 Å². The topological polar surface area (TPSA) is 155 Å². The Hall–Kier alpha value is 1.79. The molecule has 0 amide bonds. The second kappa shape index (κ2) is 9.35. The minimum atomic E-state index is -5.17. The third kappa shape index (κ3) is 429. The molecular weight excluding hydrogens is 360 g/mol. The summed E-state index contributed by atoms with van der Waals surface area (Å²) in [6.45, 7) is 0. The molecule has 12 heavy (non-hydrogen) atoms. The summed E-state index contributed by atoms with van der Waals surface area (Å²) in [5, 5.41) is 0. The standard InChI is InChI=1S/Ca.2H2O4S.H2Te/c;2*1-5(2,3)4;/h;2*(H2,1,2,3,4);1H2/q+2;;;/p-2. The molecule has 0 rings (SSSR count). The zero-order valence-corrected chi connectivity index (χ0v) is 12.1. The molecule has 0 saturated carbocycles. The van der Waals surface area contributed by atoms with Gasteiger partial charge in [-0.05, 0) is 0 Å². The Bertz CT molecular complexity index is 213. The van der Waals surface area contributed by atoms with Crippen LogP contribution in [0.3, 0.4) is 0 Å². The van der Waals surface area contributed by atoms with Gasteiger partial charge in [0.05, 0.1) is 0 Å². The van der Waals surface area contributed by atoms with E-state index in [1.54, 1.807) is 0 Å². The average molecular weight is 364 g/mol. The van der Waals surface area contributed by atoms with Gasteiger partial charge in [0.1, 0.15) is 0 Å². The van der Waals surface area contributed by atoms with E-state index in [0.717, 1.165) is 0 Å². The van der Waals surface area contributed by atoms with Crippen LogP contribution in [-0.2, 0) is 20.8 Å². The summed E-state index contributed by atoms with van der Waals surface area (Å²) in [6.07, 6.45) is 0. The van der Waals surface area contributed by atoms with Crippen molar-refractivity contribution in [3.8, 4) is 0 Å². The number of hydrogen-bond acceptors (Lipinski definition) is 6. The first-order valence-electron chi connectivity index (χ1n) is 1.37. The Balaban J connectivity index is -0.0000000457. The second-order valence-electron chi connectivity index (χ2n) is 0.856. The van der Waals surface area contributed by atoms with Gasteiger partial charge in [-0.15, -0.1) is 0 Å². The minimum absolute atomic E-state index is 0. The van der Waals surface area contributed by atoms with E-state index >= 15 is 0 Å². The third-order valence-corrected chi connectivity index (χ3v) is 0. The molecule has 0 radical (unpaired) electrons. The van der Waals surface area contributed by atoms with Gasteiger partial charge < -0.3 is 9.11 Å². The fourth-order valence-corrected chi connectivity index (χ4v) is 0. The van der Waals surface area contributed by atoms with Crippen LogP contribution in [0, 0.1) is 0 Å². The molecule has 8 nitrogen and oxygen atoms in total. The van der Waals surface area contributed by atoms with E-state index in [-0.39, 0.29) is 61.4 Å². The first kappa shape index (κ1) is 23.5. The molecule has 0 spiro atoms. The van der Waals surface area contributed by atoms with E-state index in [1.807, 2.05) is 0 Å². The van der Waals surface area contributed by atoms with Crippen molar-refractivity contribution in [2.75, 3.05) is 0 Å². The first-order valence-corrected chi connectivity index (χ1v) is 4.10. The summed E-state index contributed by atoms with van der Waals surface area (Å²) in [5.41, 5.74) is 0. The van der Waals surface area contributed by atoms with Gasteiger partial charge in [0.25, 0.3) is 0 Å². The van der Waals surface area contributed by atoms with Crippen LogP contribution in [0.4, 0.5) is 0 Å². The van der Waals surface area contributed by atoms with Crippen molar-refractivity contribution < 1.29 is 35.0 Å². The van der Waals surface area contributed by atoms with E-state index in [2.05, 4.69) is 0 Å². The molecule has 0 atom stereocenters. The summed E-state index contributed by atoms with van der Waals surface area (Å²) in [7, 11) is -9.83. The molecule has 2 N–H and O–H groups in total. The van der Waals surface area contributed by atoms with Crippen molar-refractivity contribution in [3.63, 3.8) is 0 Å². The van der Waals surface area contributed by atoms with Gasteiger partial charge in [0, 0.05) is 10.4 Å². The van der Waals surface area contributed by atoms with Gasteiger partial charge in [0.15, 0.2) is 0 Å². The molecule has 0 bridgehead atoms. The van der Waals surface area contributed by atoms with Crippen molar-refractivity contribution in [3.05, 3.63) is 0 Å². The molecule has 0 aromatic heterocycles. The Morgan fingerprint density at radius 1 is 0.917 bits per heavy atom. The van der Waals surface area contributed by atoms with Crippen molar-refractivity contribution >= 4 is 82.2 Å². The molecular formula is H4CaO8S2Te. The fourth-order valence-electron chi connectivity index (χ4n) is 0. The number of hydrogen-bond donors (Lipinski definition) is 2. The quantitative estimate of drug-likeness (QED) is 0.258. The van der Waals surface area contributed by atoms with Gasteiger partial charge in [-0.1, -0.05) is 0 Å². The SMILES string of the molecule is O=S(=O)(O)O.O=S(=O)([O-])[O-].[Ca+2].[TeH2]. The van der Waals surface area contributed by atoms with Crippen LogP contribution in [0.15, 0.2) is 0 Å². The van der Waals surface area contributed by atoms with Gasteiger partial charge in [-0.25, -0.2) is 0 Å². The molecule has 0 fully saturated rings. The van der Waals surface area contributed by atoms with E-state index < -0.39 is 20.8 Å². The monoisotopic (exact) mass is 366 g/mol. The van der Waals surface area contributed by atoms with Gasteiger partial charge in [0.2, 0.25) is 0 Å². The zero-order chi connectivity index (χ0) is 9.00. The second-order valence-corrected chi connectivity index (χ2v) is 2.57. The predicted molar refractivity (Wildman–Crippen MR) is 39.0 cm³/mol. The molecule has 0 aromatic carbocycles. The third-order valence-electron chi connectivity index (χ3n) is 0. The fraction of sp³-hybridized carbons (Fsp3) is 0. The van der Waals surface area contributed by atoms with Crippen LogP contribution >= 0.6 is 0 Å². The van der Waals surface area contributed by atoms with Crippen LogP contribution < -0.4 is 0 Å². The predicted octanol–water partition coefficient (Wildman–Crippen LogP) is -3.29. The van der Waals surface area contributed by atoms with Crippen LogP contribution in [0.25, 0.3) is 0 Å². The van der Waals surface area contributed by atoms with Crippen LogP contribution in [0.5, 0.6) is 0 Å². The molecule has 0 heterocycles. The molecule has 12 heteroatoms. The van der Waals surface area contributed by atoms with Crippen LogP contribution in [-0.4, -0.2) is 96.5 Å². The van der Waals surface area contributed by atoms with E-state index in [4.69, 9.17) is 35.0 Å². The van der Waals surface area contributed by atoms with E-state index in [0.29, 0.717) is 0 Å². The maximum atomic E-state index is 8.74. The van der Waals surface area contributed by atoms with Crippen LogP contribution in [0.2, 0.25) is 0 Å². The summed E-state index contributed by atoms with van der Waals surface area (Å²) >= 11 is 0. The summed E-state index contributed by atoms with van der Waals surface area (Å²) in [6, 6.07) is 0. The summed E-state index contributed by atoms with van der Waals surface area (Å²) in [4.78, 5) is 0. The van der Waals surface area contributed by atoms with Crippen molar-refractivity contribution in [2.24, 2.45) is 0 Å². The number of rotatable bonds is 0. The summed E-state index contributed by atoms with van der Waals surface area (Å²) < 4.78 is 65.7. The Morgan fingerprint density at radius 2 is 0.917 bits per heavy atom.